The first-order chi connectivity index (χ1) is 7.48. The van der Waals surface area contributed by atoms with Gasteiger partial charge in [0.05, 0.1) is 18.1 Å². The molecule has 4 heteroatoms. The molecule has 0 aliphatic rings. The van der Waals surface area contributed by atoms with Gasteiger partial charge < -0.3 is 5.11 Å². The summed E-state index contributed by atoms with van der Waals surface area (Å²) in [5, 5.41) is 17.6. The summed E-state index contributed by atoms with van der Waals surface area (Å²) in [4.78, 5) is 0. The monoisotopic (exact) mass is 217 g/mol. The second-order valence-corrected chi connectivity index (χ2v) is 4.80. The van der Waals surface area contributed by atoms with Crippen molar-refractivity contribution in [2.24, 2.45) is 0 Å². The zero-order chi connectivity index (χ0) is 11.8. The van der Waals surface area contributed by atoms with Crippen LogP contribution in [0.25, 0.3) is 5.69 Å². The highest BCUT2D eigenvalue weighted by molar-refractivity contribution is 5.46. The Bertz CT molecular complexity index is 483. The second-order valence-electron chi connectivity index (χ2n) is 4.80. The Morgan fingerprint density at radius 1 is 1.25 bits per heavy atom. The molecule has 16 heavy (non-hydrogen) atoms. The first-order valence-electron chi connectivity index (χ1n) is 5.18. The molecule has 0 aliphatic heterocycles. The molecule has 0 atom stereocenters. The van der Waals surface area contributed by atoms with Crippen LogP contribution in [0.2, 0.25) is 0 Å². The third kappa shape index (κ3) is 1.91. The summed E-state index contributed by atoms with van der Waals surface area (Å²) in [5.41, 5.74) is 1.67. The molecule has 0 fully saturated rings. The Morgan fingerprint density at radius 2 is 2.00 bits per heavy atom. The summed E-state index contributed by atoms with van der Waals surface area (Å²) in [6, 6.07) is 5.55. The van der Waals surface area contributed by atoms with E-state index in [2.05, 4.69) is 31.1 Å². The first kappa shape index (κ1) is 10.7. The number of rotatable bonds is 1. The van der Waals surface area contributed by atoms with Crippen LogP contribution in [0.4, 0.5) is 0 Å². The SMILES string of the molecule is CC(C)(C)c1ccc(-n2ccnn2)cc1O. The van der Waals surface area contributed by atoms with E-state index in [-0.39, 0.29) is 5.41 Å². The molecule has 0 spiro atoms. The maximum atomic E-state index is 9.96. The van der Waals surface area contributed by atoms with Crippen LogP contribution >= 0.6 is 0 Å². The number of benzene rings is 1. The summed E-state index contributed by atoms with van der Waals surface area (Å²) >= 11 is 0. The van der Waals surface area contributed by atoms with Gasteiger partial charge in [0.1, 0.15) is 5.75 Å². The van der Waals surface area contributed by atoms with Crippen molar-refractivity contribution in [2.75, 3.05) is 0 Å². The van der Waals surface area contributed by atoms with Crippen molar-refractivity contribution in [1.82, 2.24) is 15.0 Å². The normalized spacial score (nSPS) is 11.7. The van der Waals surface area contributed by atoms with Crippen LogP contribution in [0.5, 0.6) is 5.75 Å². The van der Waals surface area contributed by atoms with Gasteiger partial charge in [-0.2, -0.15) is 0 Å². The largest absolute Gasteiger partial charge is 0.508 e. The molecule has 1 heterocycles. The highest BCUT2D eigenvalue weighted by atomic mass is 16.3. The van der Waals surface area contributed by atoms with Crippen LogP contribution in [0.1, 0.15) is 26.3 Å². The maximum Gasteiger partial charge on any atom is 0.121 e. The summed E-state index contributed by atoms with van der Waals surface area (Å²) in [5.74, 6) is 0.292. The predicted molar refractivity (Wildman–Crippen MR) is 61.7 cm³/mol. The van der Waals surface area contributed by atoms with E-state index < -0.39 is 0 Å². The molecule has 2 aromatic rings. The maximum absolute atomic E-state index is 9.96. The van der Waals surface area contributed by atoms with Crippen LogP contribution in [-0.4, -0.2) is 20.1 Å². The third-order valence-corrected chi connectivity index (χ3v) is 2.48. The molecule has 0 radical (unpaired) electrons. The Kier molecular flexibility index (Phi) is 2.42. The van der Waals surface area contributed by atoms with Crippen molar-refractivity contribution >= 4 is 0 Å². The minimum Gasteiger partial charge on any atom is -0.508 e. The van der Waals surface area contributed by atoms with Crippen molar-refractivity contribution in [1.29, 1.82) is 0 Å². The van der Waals surface area contributed by atoms with Crippen LogP contribution in [0.3, 0.4) is 0 Å². The molecule has 0 amide bonds. The Balaban J connectivity index is 2.45. The molecule has 0 bridgehead atoms. The van der Waals surface area contributed by atoms with Crippen LogP contribution in [-0.2, 0) is 5.41 Å². The molecule has 1 aromatic heterocycles. The van der Waals surface area contributed by atoms with Crippen molar-refractivity contribution in [3.8, 4) is 11.4 Å². The standard InChI is InChI=1S/C12H15N3O/c1-12(2,3)10-5-4-9(8-11(10)16)15-7-6-13-14-15/h4-8,16H,1-3H3. The van der Waals surface area contributed by atoms with Crippen LogP contribution < -0.4 is 0 Å². The van der Waals surface area contributed by atoms with E-state index in [0.717, 1.165) is 11.3 Å². The van der Waals surface area contributed by atoms with Gasteiger partial charge in [-0.25, -0.2) is 4.68 Å². The van der Waals surface area contributed by atoms with Gasteiger partial charge in [0.2, 0.25) is 0 Å². The van der Waals surface area contributed by atoms with E-state index in [1.54, 1.807) is 23.1 Å². The fraction of sp³-hybridized carbons (Fsp3) is 0.333. The van der Waals surface area contributed by atoms with Crippen molar-refractivity contribution in [3.05, 3.63) is 36.2 Å². The number of phenolic OH excluding ortho intramolecular Hbond substituents is 1. The number of hydrogen-bond donors (Lipinski definition) is 1. The van der Waals surface area contributed by atoms with E-state index in [1.807, 2.05) is 12.1 Å². The van der Waals surface area contributed by atoms with Crippen LogP contribution in [0.15, 0.2) is 30.6 Å². The number of aromatic hydroxyl groups is 1. The molecule has 1 N–H and O–H groups in total. The van der Waals surface area contributed by atoms with Gasteiger partial charge in [-0.15, -0.1) is 5.10 Å². The van der Waals surface area contributed by atoms with E-state index >= 15 is 0 Å². The van der Waals surface area contributed by atoms with Gasteiger partial charge in [0, 0.05) is 6.07 Å². The number of hydrogen-bond acceptors (Lipinski definition) is 3. The Hall–Kier alpha value is -1.84. The minimum atomic E-state index is -0.0645. The van der Waals surface area contributed by atoms with Crippen LogP contribution in [0, 0.1) is 0 Å². The first-order valence-corrected chi connectivity index (χ1v) is 5.18. The molecule has 4 nitrogen and oxygen atoms in total. The lowest BCUT2D eigenvalue weighted by atomic mass is 9.86. The smallest absolute Gasteiger partial charge is 0.121 e. The van der Waals surface area contributed by atoms with Crippen molar-refractivity contribution in [3.63, 3.8) is 0 Å². The topological polar surface area (TPSA) is 50.9 Å². The van der Waals surface area contributed by atoms with E-state index in [1.165, 1.54) is 0 Å². The highest BCUT2D eigenvalue weighted by Gasteiger charge is 2.18. The fourth-order valence-corrected chi connectivity index (χ4v) is 1.64. The van der Waals surface area contributed by atoms with Crippen molar-refractivity contribution < 1.29 is 5.11 Å². The molecule has 0 aliphatic carbocycles. The average Bonchev–Trinajstić information content (AvgIpc) is 2.68. The molecule has 0 saturated carbocycles. The summed E-state index contributed by atoms with van der Waals surface area (Å²) in [6.45, 7) is 6.20. The van der Waals surface area contributed by atoms with Crippen molar-refractivity contribution in [2.45, 2.75) is 26.2 Å². The molecule has 2 rings (SSSR count). The lowest BCUT2D eigenvalue weighted by Gasteiger charge is -2.20. The Labute approximate surface area is 94.5 Å². The van der Waals surface area contributed by atoms with Gasteiger partial charge in [0.25, 0.3) is 0 Å². The summed E-state index contributed by atoms with van der Waals surface area (Å²) < 4.78 is 1.62. The zero-order valence-electron chi connectivity index (χ0n) is 9.68. The molecular weight excluding hydrogens is 202 g/mol. The minimum absolute atomic E-state index is 0.0645. The second kappa shape index (κ2) is 3.63. The lowest BCUT2D eigenvalue weighted by Crippen LogP contribution is -2.11. The van der Waals surface area contributed by atoms with E-state index in [4.69, 9.17) is 0 Å². The van der Waals surface area contributed by atoms with Gasteiger partial charge >= 0.3 is 0 Å². The summed E-state index contributed by atoms with van der Waals surface area (Å²) in [7, 11) is 0. The van der Waals surface area contributed by atoms with Gasteiger partial charge in [-0.1, -0.05) is 32.1 Å². The number of nitrogens with zero attached hydrogens (tertiary/aromatic N) is 3. The average molecular weight is 217 g/mol. The molecule has 0 unspecified atom stereocenters. The van der Waals surface area contributed by atoms with E-state index in [0.29, 0.717) is 5.75 Å². The highest BCUT2D eigenvalue weighted by Crippen LogP contribution is 2.31. The molecular formula is C12H15N3O. The zero-order valence-corrected chi connectivity index (χ0v) is 9.68. The van der Waals surface area contributed by atoms with Gasteiger partial charge in [-0.3, -0.25) is 0 Å². The quantitative estimate of drug-likeness (QED) is 0.797. The van der Waals surface area contributed by atoms with Gasteiger partial charge in [-0.05, 0) is 17.0 Å². The van der Waals surface area contributed by atoms with E-state index in [9.17, 15) is 5.11 Å². The van der Waals surface area contributed by atoms with Gasteiger partial charge in [0.15, 0.2) is 0 Å². The third-order valence-electron chi connectivity index (χ3n) is 2.48. The molecule has 1 aromatic carbocycles. The fourth-order valence-electron chi connectivity index (χ4n) is 1.64. The lowest BCUT2D eigenvalue weighted by molar-refractivity contribution is 0.446. The molecule has 0 saturated heterocycles. The number of aromatic nitrogens is 3. The number of phenols is 1. The summed E-state index contributed by atoms with van der Waals surface area (Å²) in [6.07, 6.45) is 3.35. The Morgan fingerprint density at radius 3 is 2.50 bits per heavy atom. The predicted octanol–water partition coefficient (Wildman–Crippen LogP) is 2.27. The molecule has 84 valence electrons.